The van der Waals surface area contributed by atoms with Crippen molar-refractivity contribution in [1.29, 1.82) is 5.26 Å². The number of anilines is 1. The van der Waals surface area contributed by atoms with Crippen LogP contribution >= 0.6 is 38.9 Å². The number of thiophene rings is 1. The van der Waals surface area contributed by atoms with Gasteiger partial charge in [0.2, 0.25) is 0 Å². The summed E-state index contributed by atoms with van der Waals surface area (Å²) >= 11 is 11.3. The molecule has 1 aromatic heterocycles. The third-order valence-electron chi connectivity index (χ3n) is 2.41. The summed E-state index contributed by atoms with van der Waals surface area (Å²) in [6, 6.07) is 11.5. The highest BCUT2D eigenvalue weighted by Crippen LogP contribution is 2.24. The van der Waals surface area contributed by atoms with Gasteiger partial charge in [-0.1, -0.05) is 11.6 Å². The molecule has 0 fully saturated rings. The first-order valence-electron chi connectivity index (χ1n) is 5.37. The lowest BCUT2D eigenvalue weighted by Gasteiger charge is -2.07. The molecule has 0 bridgehead atoms. The smallest absolute Gasteiger partial charge is 0.0992 e. The lowest BCUT2D eigenvalue weighted by atomic mass is 10.2. The van der Waals surface area contributed by atoms with Crippen LogP contribution in [0.5, 0.6) is 0 Å². The Bertz CT molecular complexity index is 589. The van der Waals surface area contributed by atoms with E-state index in [0.717, 1.165) is 22.4 Å². The van der Waals surface area contributed by atoms with Crippen molar-refractivity contribution in [2.75, 3.05) is 11.9 Å². The number of hydrogen-bond acceptors (Lipinski definition) is 3. The predicted octanol–water partition coefficient (Wildman–Crippen LogP) is 4.69. The molecule has 1 aromatic carbocycles. The van der Waals surface area contributed by atoms with Crippen molar-refractivity contribution in [2.45, 2.75) is 6.42 Å². The summed E-state index contributed by atoms with van der Waals surface area (Å²) in [4.78, 5) is 1.32. The molecule has 0 radical (unpaired) electrons. The van der Waals surface area contributed by atoms with Crippen molar-refractivity contribution in [3.05, 3.63) is 49.6 Å². The van der Waals surface area contributed by atoms with E-state index in [-0.39, 0.29) is 0 Å². The molecule has 1 heterocycles. The second-order valence-corrected chi connectivity index (χ2v) is 6.64. The molecule has 1 N–H and O–H groups in total. The fourth-order valence-corrected chi connectivity index (χ4v) is 3.26. The Morgan fingerprint density at radius 2 is 2.17 bits per heavy atom. The number of nitrogens with zero attached hydrogens (tertiary/aromatic N) is 1. The van der Waals surface area contributed by atoms with Gasteiger partial charge < -0.3 is 5.32 Å². The fraction of sp³-hybridized carbons (Fsp3) is 0.154. The minimum atomic E-state index is 0.577. The summed E-state index contributed by atoms with van der Waals surface area (Å²) in [6.45, 7) is 0.818. The van der Waals surface area contributed by atoms with Gasteiger partial charge in [0, 0.05) is 11.4 Å². The molecule has 18 heavy (non-hydrogen) atoms. The molecule has 0 aliphatic heterocycles. The summed E-state index contributed by atoms with van der Waals surface area (Å²) in [7, 11) is 0. The molecule has 2 aromatic rings. The summed E-state index contributed by atoms with van der Waals surface area (Å²) in [6.07, 6.45) is 0.951. The maximum atomic E-state index is 8.75. The summed E-state index contributed by atoms with van der Waals surface area (Å²) in [5.74, 6) is 0. The Labute approximate surface area is 123 Å². The van der Waals surface area contributed by atoms with Gasteiger partial charge in [0.15, 0.2) is 0 Å². The fourth-order valence-electron chi connectivity index (χ4n) is 1.53. The number of halogens is 2. The van der Waals surface area contributed by atoms with Gasteiger partial charge in [0.25, 0.3) is 0 Å². The van der Waals surface area contributed by atoms with Crippen LogP contribution in [0.4, 0.5) is 5.69 Å². The van der Waals surface area contributed by atoms with Crippen molar-refractivity contribution in [2.24, 2.45) is 0 Å². The zero-order valence-electron chi connectivity index (χ0n) is 9.41. The van der Waals surface area contributed by atoms with E-state index in [0.29, 0.717) is 10.6 Å². The maximum absolute atomic E-state index is 8.75. The molecule has 0 unspecified atom stereocenters. The topological polar surface area (TPSA) is 35.8 Å². The predicted molar refractivity (Wildman–Crippen MR) is 80.4 cm³/mol. The van der Waals surface area contributed by atoms with Crippen LogP contribution < -0.4 is 5.32 Å². The van der Waals surface area contributed by atoms with Crippen molar-refractivity contribution in [3.8, 4) is 6.07 Å². The van der Waals surface area contributed by atoms with Crippen LogP contribution in [0, 0.1) is 11.3 Å². The molecule has 92 valence electrons. The van der Waals surface area contributed by atoms with Crippen molar-refractivity contribution in [3.63, 3.8) is 0 Å². The van der Waals surface area contributed by atoms with E-state index in [1.165, 1.54) is 4.88 Å². The SMILES string of the molecule is N#Cc1ccc(NCCc2ccc(Br)s2)c(Cl)c1. The zero-order valence-corrected chi connectivity index (χ0v) is 12.6. The molecular formula is C13H10BrClN2S. The van der Waals surface area contributed by atoms with E-state index < -0.39 is 0 Å². The third kappa shape index (κ3) is 3.49. The minimum Gasteiger partial charge on any atom is -0.383 e. The zero-order chi connectivity index (χ0) is 13.0. The van der Waals surface area contributed by atoms with Gasteiger partial charge >= 0.3 is 0 Å². The molecule has 0 amide bonds. The van der Waals surface area contributed by atoms with E-state index in [1.54, 1.807) is 23.5 Å². The van der Waals surface area contributed by atoms with Crippen LogP contribution in [-0.4, -0.2) is 6.54 Å². The highest BCUT2D eigenvalue weighted by molar-refractivity contribution is 9.11. The second kappa shape index (κ2) is 6.24. The molecule has 2 nitrogen and oxygen atoms in total. The monoisotopic (exact) mass is 340 g/mol. The normalized spacial score (nSPS) is 10.1. The van der Waals surface area contributed by atoms with E-state index in [2.05, 4.69) is 39.4 Å². The lowest BCUT2D eigenvalue weighted by molar-refractivity contribution is 1.04. The van der Waals surface area contributed by atoms with Crippen LogP contribution in [0.15, 0.2) is 34.1 Å². The number of nitrogens with one attached hydrogen (secondary N) is 1. The quantitative estimate of drug-likeness (QED) is 0.875. The molecule has 5 heteroatoms. The third-order valence-corrected chi connectivity index (χ3v) is 4.41. The van der Waals surface area contributed by atoms with Crippen LogP contribution in [0.1, 0.15) is 10.4 Å². The first-order valence-corrected chi connectivity index (χ1v) is 7.35. The first kappa shape index (κ1) is 13.4. The van der Waals surface area contributed by atoms with Crippen molar-refractivity contribution in [1.82, 2.24) is 0 Å². The standard InChI is InChI=1S/C13H10BrClN2S/c14-13-4-2-10(18-13)5-6-17-12-3-1-9(8-16)7-11(12)15/h1-4,7,17H,5-6H2. The molecule has 0 saturated carbocycles. The van der Waals surface area contributed by atoms with Gasteiger partial charge in [0.1, 0.15) is 0 Å². The number of benzene rings is 1. The van der Waals surface area contributed by atoms with Gasteiger partial charge in [-0.05, 0) is 52.7 Å². The van der Waals surface area contributed by atoms with Crippen LogP contribution in [0.3, 0.4) is 0 Å². The van der Waals surface area contributed by atoms with Gasteiger partial charge in [0.05, 0.1) is 26.1 Å². The van der Waals surface area contributed by atoms with Crippen molar-refractivity contribution < 1.29 is 0 Å². The van der Waals surface area contributed by atoms with Gasteiger partial charge in [-0.3, -0.25) is 0 Å². The highest BCUT2D eigenvalue weighted by Gasteiger charge is 2.02. The first-order chi connectivity index (χ1) is 8.69. The minimum absolute atomic E-state index is 0.577. The number of nitriles is 1. The van der Waals surface area contributed by atoms with E-state index in [4.69, 9.17) is 16.9 Å². The van der Waals surface area contributed by atoms with E-state index in [9.17, 15) is 0 Å². The Morgan fingerprint density at radius 3 is 2.78 bits per heavy atom. The number of hydrogen-bond donors (Lipinski definition) is 1. The molecular weight excluding hydrogens is 332 g/mol. The molecule has 0 atom stereocenters. The summed E-state index contributed by atoms with van der Waals surface area (Å²) in [5, 5.41) is 12.6. The molecule has 2 rings (SSSR count). The van der Waals surface area contributed by atoms with E-state index in [1.807, 2.05) is 6.07 Å². The van der Waals surface area contributed by atoms with Crippen molar-refractivity contribution >= 4 is 44.6 Å². The van der Waals surface area contributed by atoms with Gasteiger partial charge in [-0.25, -0.2) is 0 Å². The maximum Gasteiger partial charge on any atom is 0.0992 e. The Hall–Kier alpha value is -1.02. The number of rotatable bonds is 4. The Balaban J connectivity index is 1.92. The van der Waals surface area contributed by atoms with Crippen LogP contribution in [-0.2, 0) is 6.42 Å². The van der Waals surface area contributed by atoms with Gasteiger partial charge in [-0.15, -0.1) is 11.3 Å². The summed E-state index contributed by atoms with van der Waals surface area (Å²) < 4.78 is 1.15. The molecule has 0 aliphatic rings. The average Bonchev–Trinajstić information content (AvgIpc) is 2.77. The Morgan fingerprint density at radius 1 is 1.33 bits per heavy atom. The second-order valence-electron chi connectivity index (χ2n) is 3.69. The largest absolute Gasteiger partial charge is 0.383 e. The van der Waals surface area contributed by atoms with E-state index >= 15 is 0 Å². The Kier molecular flexibility index (Phi) is 4.65. The average molecular weight is 342 g/mol. The van der Waals surface area contributed by atoms with Crippen LogP contribution in [0.25, 0.3) is 0 Å². The van der Waals surface area contributed by atoms with Gasteiger partial charge in [-0.2, -0.15) is 5.26 Å². The molecule has 0 aliphatic carbocycles. The van der Waals surface area contributed by atoms with Crippen LogP contribution in [0.2, 0.25) is 5.02 Å². The molecule has 0 saturated heterocycles. The summed E-state index contributed by atoms with van der Waals surface area (Å²) in [5.41, 5.74) is 1.44. The lowest BCUT2D eigenvalue weighted by Crippen LogP contribution is -2.04. The molecule has 0 spiro atoms. The highest BCUT2D eigenvalue weighted by atomic mass is 79.9.